The number of carbonyl (C=O) groups is 1. The largest absolute Gasteiger partial charge is 0.394 e. The van der Waals surface area contributed by atoms with Crippen molar-refractivity contribution >= 4 is 5.91 Å². The zero-order chi connectivity index (χ0) is 58.3. The fraction of sp³-hybridized carbons (Fsp3) is 0.951. The van der Waals surface area contributed by atoms with Crippen LogP contribution in [0.25, 0.3) is 0 Å². The molecule has 0 aromatic rings. The second-order valence-electron chi connectivity index (χ2n) is 23.2. The van der Waals surface area contributed by atoms with E-state index in [0.717, 1.165) is 44.9 Å². The Morgan fingerprint density at radius 2 is 0.775 bits per heavy atom. The second kappa shape index (κ2) is 44.9. The average Bonchev–Trinajstić information content (AvgIpc) is 3.55. The van der Waals surface area contributed by atoms with E-state index in [4.69, 9.17) is 28.4 Å². The Labute approximate surface area is 480 Å². The van der Waals surface area contributed by atoms with Gasteiger partial charge in [0.1, 0.15) is 73.2 Å². The molecule has 17 unspecified atom stereocenters. The summed E-state index contributed by atoms with van der Waals surface area (Å²) in [6, 6.07) is -0.966. The summed E-state index contributed by atoms with van der Waals surface area (Å²) < 4.78 is 34.3. The van der Waals surface area contributed by atoms with Crippen LogP contribution >= 0.6 is 0 Å². The van der Waals surface area contributed by atoms with Crippen molar-refractivity contribution in [2.45, 2.75) is 343 Å². The van der Waals surface area contributed by atoms with E-state index < -0.39 is 124 Å². The normalized spacial score (nSPS) is 30.0. The summed E-state index contributed by atoms with van der Waals surface area (Å²) in [4.78, 5) is 13.3. The van der Waals surface area contributed by atoms with Crippen LogP contribution in [0, 0.1) is 0 Å². The summed E-state index contributed by atoms with van der Waals surface area (Å²) in [5, 5.41) is 120. The third-order valence-electron chi connectivity index (χ3n) is 16.3. The summed E-state index contributed by atoms with van der Waals surface area (Å²) in [7, 11) is 0. The topological polar surface area (TPSA) is 307 Å². The predicted molar refractivity (Wildman–Crippen MR) is 305 cm³/mol. The van der Waals surface area contributed by atoms with E-state index in [0.29, 0.717) is 6.42 Å². The van der Waals surface area contributed by atoms with Gasteiger partial charge in [0.15, 0.2) is 18.9 Å². The van der Waals surface area contributed by atoms with Crippen molar-refractivity contribution in [2.75, 3.05) is 26.4 Å². The first-order valence-electron chi connectivity index (χ1n) is 31.9. The van der Waals surface area contributed by atoms with Crippen LogP contribution in [0.3, 0.4) is 0 Å². The molecule has 3 aliphatic rings. The van der Waals surface area contributed by atoms with Gasteiger partial charge < -0.3 is 89.9 Å². The Hall–Kier alpha value is -1.47. The van der Waals surface area contributed by atoms with Crippen molar-refractivity contribution < 1.29 is 89.4 Å². The maximum atomic E-state index is 13.3. The van der Waals surface area contributed by atoms with Gasteiger partial charge in [-0.25, -0.2) is 0 Å². The monoisotopic (exact) mass is 1150 g/mol. The number of allylic oxidation sites excluding steroid dienone is 1. The van der Waals surface area contributed by atoms with Crippen LogP contribution in [0.5, 0.6) is 0 Å². The molecular formula is C61H115NO18. The lowest BCUT2D eigenvalue weighted by Crippen LogP contribution is -2.66. The number of aliphatic hydroxyl groups excluding tert-OH is 11. The molecule has 472 valence electrons. The van der Waals surface area contributed by atoms with Gasteiger partial charge >= 0.3 is 0 Å². The van der Waals surface area contributed by atoms with E-state index in [2.05, 4.69) is 19.2 Å². The number of aliphatic hydroxyl groups is 11. The Morgan fingerprint density at radius 1 is 0.438 bits per heavy atom. The van der Waals surface area contributed by atoms with Crippen molar-refractivity contribution in [3.63, 3.8) is 0 Å². The summed E-state index contributed by atoms with van der Waals surface area (Å²) in [6.45, 7) is 1.73. The van der Waals surface area contributed by atoms with Crippen LogP contribution in [0.2, 0.25) is 0 Å². The Kier molecular flexibility index (Phi) is 40.9. The lowest BCUT2D eigenvalue weighted by Gasteiger charge is -2.48. The number of hydrogen-bond donors (Lipinski definition) is 12. The first kappa shape index (κ1) is 72.8. The zero-order valence-corrected chi connectivity index (χ0v) is 49.3. The van der Waals surface area contributed by atoms with E-state index in [-0.39, 0.29) is 18.9 Å². The van der Waals surface area contributed by atoms with Gasteiger partial charge in [-0.05, 0) is 19.3 Å². The molecule has 12 N–H and O–H groups in total. The number of amides is 1. The molecule has 3 saturated heterocycles. The molecule has 3 fully saturated rings. The van der Waals surface area contributed by atoms with Gasteiger partial charge in [0.2, 0.25) is 5.91 Å². The highest BCUT2D eigenvalue weighted by Crippen LogP contribution is 2.33. The highest BCUT2D eigenvalue weighted by Gasteiger charge is 2.53. The van der Waals surface area contributed by atoms with Crippen molar-refractivity contribution in [3.05, 3.63) is 12.2 Å². The number of rotatable bonds is 48. The zero-order valence-electron chi connectivity index (χ0n) is 49.3. The summed E-state index contributed by atoms with van der Waals surface area (Å²) in [6.07, 6.45) is 19.2. The minimum absolute atomic E-state index is 0.248. The van der Waals surface area contributed by atoms with Gasteiger partial charge in [-0.15, -0.1) is 0 Å². The highest BCUT2D eigenvalue weighted by molar-refractivity contribution is 5.76. The second-order valence-corrected chi connectivity index (χ2v) is 23.2. The van der Waals surface area contributed by atoms with Gasteiger partial charge in [0.05, 0.1) is 38.6 Å². The van der Waals surface area contributed by atoms with Crippen LogP contribution in [-0.2, 0) is 33.2 Å². The van der Waals surface area contributed by atoms with Gasteiger partial charge in [0, 0.05) is 6.42 Å². The lowest BCUT2D eigenvalue weighted by molar-refractivity contribution is -0.379. The molecule has 80 heavy (non-hydrogen) atoms. The fourth-order valence-electron chi connectivity index (χ4n) is 11.1. The molecule has 0 spiro atoms. The summed E-state index contributed by atoms with van der Waals surface area (Å²) >= 11 is 0. The fourth-order valence-corrected chi connectivity index (χ4v) is 11.1. The third kappa shape index (κ3) is 28.2. The van der Waals surface area contributed by atoms with Crippen molar-refractivity contribution in [2.24, 2.45) is 0 Å². The van der Waals surface area contributed by atoms with Crippen LogP contribution in [0.4, 0.5) is 0 Å². The molecule has 0 aromatic carbocycles. The third-order valence-corrected chi connectivity index (χ3v) is 16.3. The van der Waals surface area contributed by atoms with Crippen molar-refractivity contribution in [1.82, 2.24) is 5.32 Å². The predicted octanol–water partition coefficient (Wildman–Crippen LogP) is 6.55. The molecule has 17 atom stereocenters. The Balaban J connectivity index is 1.45. The minimum atomic E-state index is -1.97. The first-order chi connectivity index (χ1) is 38.8. The van der Waals surface area contributed by atoms with E-state index in [1.54, 1.807) is 6.08 Å². The molecular weight excluding hydrogens is 1030 g/mol. The number of unbranched alkanes of at least 4 members (excludes halogenated alkanes) is 32. The van der Waals surface area contributed by atoms with Gasteiger partial charge in [-0.3, -0.25) is 4.79 Å². The van der Waals surface area contributed by atoms with Crippen molar-refractivity contribution in [1.29, 1.82) is 0 Å². The minimum Gasteiger partial charge on any atom is -0.394 e. The maximum Gasteiger partial charge on any atom is 0.220 e. The Morgan fingerprint density at radius 3 is 1.18 bits per heavy atom. The quantitative estimate of drug-likeness (QED) is 0.0227. The molecule has 0 aromatic heterocycles. The molecule has 3 rings (SSSR count). The number of hydrogen-bond acceptors (Lipinski definition) is 18. The smallest absolute Gasteiger partial charge is 0.220 e. The summed E-state index contributed by atoms with van der Waals surface area (Å²) in [5.74, 6) is -0.274. The molecule has 19 nitrogen and oxygen atoms in total. The number of nitrogens with one attached hydrogen (secondary N) is 1. The van der Waals surface area contributed by atoms with Gasteiger partial charge in [-0.2, -0.15) is 0 Å². The molecule has 3 heterocycles. The number of carbonyl (C=O) groups excluding carboxylic acids is 1. The van der Waals surface area contributed by atoms with E-state index in [1.165, 1.54) is 167 Å². The lowest BCUT2D eigenvalue weighted by atomic mass is 9.96. The molecule has 1 amide bonds. The molecule has 3 aliphatic heterocycles. The SMILES string of the molecule is CCCCCCCCCCCCCCCCCCCCCCCC/C=C/C(O)C(COC1OC(CO)C(OC2OC(CO)C(OC3OC(CO)C(O)C(O)C3O)C(O)C2O)C(O)C1O)NC(=O)CCCCCCCCCCCCC. The van der Waals surface area contributed by atoms with Crippen LogP contribution in [0.15, 0.2) is 12.2 Å². The molecule has 0 aliphatic carbocycles. The van der Waals surface area contributed by atoms with Crippen LogP contribution in [0.1, 0.15) is 239 Å². The van der Waals surface area contributed by atoms with E-state index in [1.807, 2.05) is 6.08 Å². The maximum absolute atomic E-state index is 13.3. The highest BCUT2D eigenvalue weighted by atomic mass is 16.8. The molecule has 19 heteroatoms. The molecule has 0 saturated carbocycles. The number of ether oxygens (including phenoxy) is 6. The van der Waals surface area contributed by atoms with Gasteiger partial charge in [-0.1, -0.05) is 225 Å². The van der Waals surface area contributed by atoms with Crippen LogP contribution in [-0.4, -0.2) is 193 Å². The molecule has 0 bridgehead atoms. The first-order valence-corrected chi connectivity index (χ1v) is 31.9. The van der Waals surface area contributed by atoms with Crippen molar-refractivity contribution in [3.8, 4) is 0 Å². The summed E-state index contributed by atoms with van der Waals surface area (Å²) in [5.41, 5.74) is 0. The van der Waals surface area contributed by atoms with Gasteiger partial charge in [0.25, 0.3) is 0 Å². The standard InChI is InChI=1S/C61H115NO18/c1-3-5-7-9-11-13-15-16-17-18-19-20-21-22-23-24-25-26-27-29-30-32-34-36-38-45(66)44(62-49(67)39-37-35-33-31-28-14-12-10-8-6-4-2)43-75-59-55(73)52(70)57(47(41-64)77-59)80-61-56(74)53(71)58(48(42-65)78-61)79-60-54(72)51(69)50(68)46(40-63)76-60/h36,38,44-48,50-61,63-66,68-74H,3-35,37,39-43H2,1-2H3,(H,62,67)/b38-36+. The van der Waals surface area contributed by atoms with Crippen LogP contribution < -0.4 is 5.32 Å². The van der Waals surface area contributed by atoms with E-state index in [9.17, 15) is 61.0 Å². The van der Waals surface area contributed by atoms with E-state index >= 15 is 0 Å². The molecule has 0 radical (unpaired) electrons. The average molecular weight is 1150 g/mol. The Bertz CT molecular complexity index is 1510.